The highest BCUT2D eigenvalue weighted by Gasteiger charge is 2.54. The highest BCUT2D eigenvalue weighted by atomic mass is 35.5. The Morgan fingerprint density at radius 2 is 2.13 bits per heavy atom. The summed E-state index contributed by atoms with van der Waals surface area (Å²) >= 11 is 6.39. The van der Waals surface area contributed by atoms with Crippen LogP contribution >= 0.6 is 11.6 Å². The van der Waals surface area contributed by atoms with E-state index in [0.717, 1.165) is 29.4 Å². The zero-order chi connectivity index (χ0) is 21.8. The first kappa shape index (κ1) is 19.8. The molecule has 0 spiro atoms. The Hall–Kier alpha value is -3.14. The van der Waals surface area contributed by atoms with E-state index in [2.05, 4.69) is 22.4 Å². The number of pyridine rings is 1. The first-order chi connectivity index (χ1) is 14.9. The number of nitriles is 1. The van der Waals surface area contributed by atoms with Crippen LogP contribution in [0, 0.1) is 11.3 Å². The maximum atomic E-state index is 11.6. The normalized spacial score (nSPS) is 22.5. The summed E-state index contributed by atoms with van der Waals surface area (Å²) in [7, 11) is 0. The van der Waals surface area contributed by atoms with E-state index in [9.17, 15) is 15.2 Å². The van der Waals surface area contributed by atoms with E-state index < -0.39 is 5.97 Å². The smallest absolute Gasteiger partial charge is 0.337 e. The van der Waals surface area contributed by atoms with E-state index in [0.29, 0.717) is 28.5 Å². The van der Waals surface area contributed by atoms with Crippen LogP contribution in [0.1, 0.15) is 53.0 Å². The maximum absolute atomic E-state index is 11.6. The molecule has 1 unspecified atom stereocenters. The van der Waals surface area contributed by atoms with E-state index in [-0.39, 0.29) is 23.1 Å². The fourth-order valence-electron chi connectivity index (χ4n) is 4.84. The second-order valence-corrected chi connectivity index (χ2v) is 8.83. The van der Waals surface area contributed by atoms with Gasteiger partial charge in [-0.1, -0.05) is 23.7 Å². The van der Waals surface area contributed by atoms with Gasteiger partial charge in [0.25, 0.3) is 0 Å². The molecule has 3 aliphatic rings. The van der Waals surface area contributed by atoms with Crippen molar-refractivity contribution in [3.05, 3.63) is 69.9 Å². The van der Waals surface area contributed by atoms with Gasteiger partial charge in [-0.3, -0.25) is 0 Å². The minimum atomic E-state index is -0.992. The number of rotatable bonds is 5. The molecule has 1 saturated carbocycles. The van der Waals surface area contributed by atoms with Gasteiger partial charge in [-0.2, -0.15) is 5.26 Å². The number of ether oxygens (including phenoxy) is 1. The molecule has 3 heterocycles. The number of carboxylic acids is 1. The Bertz CT molecular complexity index is 1260. The summed E-state index contributed by atoms with van der Waals surface area (Å²) in [6.45, 7) is 2.57. The number of carboxylic acid groups (broad SMARTS) is 1. The summed E-state index contributed by atoms with van der Waals surface area (Å²) in [6, 6.07) is 14.5. The van der Waals surface area contributed by atoms with Crippen molar-refractivity contribution in [3.8, 4) is 6.07 Å². The molecule has 1 atom stereocenters. The van der Waals surface area contributed by atoms with E-state index in [1.165, 1.54) is 0 Å². The monoisotopic (exact) mass is 433 g/mol. The number of aromatic carboxylic acids is 1. The molecule has 6 rings (SSSR count). The fraction of sp³-hybridized carbons (Fsp3) is 0.292. The number of para-hydroxylation sites is 1. The third-order valence-corrected chi connectivity index (χ3v) is 6.65. The molecule has 2 saturated heterocycles. The fourth-order valence-corrected chi connectivity index (χ4v) is 5.07. The number of anilines is 1. The third-order valence-electron chi connectivity index (χ3n) is 6.44. The summed E-state index contributed by atoms with van der Waals surface area (Å²) < 4.78 is 5.78. The number of hydrogen-bond donors (Lipinski definition) is 2. The van der Waals surface area contributed by atoms with Crippen LogP contribution in [0.4, 0.5) is 5.69 Å². The number of benzene rings is 2. The Morgan fingerprint density at radius 3 is 2.81 bits per heavy atom. The lowest BCUT2D eigenvalue weighted by molar-refractivity contribution is 0.0698. The highest BCUT2D eigenvalue weighted by Crippen LogP contribution is 2.53. The van der Waals surface area contributed by atoms with Crippen LogP contribution in [0.15, 0.2) is 42.5 Å². The SMILES string of the molecule is CC(Nc1ccccc1C(=O)O)c1cc(Cl)cc2nc(C#N)c(C34COC(C3)C4)cc12. The van der Waals surface area contributed by atoms with Crippen LogP contribution in [0.3, 0.4) is 0 Å². The number of nitrogens with zero attached hydrogens (tertiary/aromatic N) is 2. The minimum Gasteiger partial charge on any atom is -0.478 e. The third kappa shape index (κ3) is 3.21. The van der Waals surface area contributed by atoms with Crippen molar-refractivity contribution in [2.45, 2.75) is 37.3 Å². The second-order valence-electron chi connectivity index (χ2n) is 8.40. The van der Waals surface area contributed by atoms with Crippen LogP contribution in [0.2, 0.25) is 5.02 Å². The molecule has 0 amide bonds. The summed E-state index contributed by atoms with van der Waals surface area (Å²) in [4.78, 5) is 16.2. The summed E-state index contributed by atoms with van der Waals surface area (Å²) in [5, 5.41) is 24.0. The Labute approximate surface area is 184 Å². The van der Waals surface area contributed by atoms with Gasteiger partial charge >= 0.3 is 5.97 Å². The van der Waals surface area contributed by atoms with Crippen LogP contribution in [-0.2, 0) is 10.2 Å². The van der Waals surface area contributed by atoms with Crippen LogP contribution < -0.4 is 5.32 Å². The maximum Gasteiger partial charge on any atom is 0.337 e. The van der Waals surface area contributed by atoms with Gasteiger partial charge in [-0.25, -0.2) is 9.78 Å². The van der Waals surface area contributed by atoms with Crippen molar-refractivity contribution in [3.63, 3.8) is 0 Å². The van der Waals surface area contributed by atoms with Gasteiger partial charge in [-0.15, -0.1) is 0 Å². The number of halogens is 1. The topological polar surface area (TPSA) is 95.2 Å². The number of nitrogens with one attached hydrogen (secondary N) is 1. The molecule has 31 heavy (non-hydrogen) atoms. The molecule has 3 fully saturated rings. The predicted molar refractivity (Wildman–Crippen MR) is 118 cm³/mol. The van der Waals surface area contributed by atoms with Gasteiger partial charge in [0, 0.05) is 27.6 Å². The predicted octanol–water partition coefficient (Wildman–Crippen LogP) is 5.06. The largest absolute Gasteiger partial charge is 0.478 e. The van der Waals surface area contributed by atoms with Crippen LogP contribution in [-0.4, -0.2) is 28.8 Å². The molecule has 2 aliphatic heterocycles. The first-order valence-electron chi connectivity index (χ1n) is 10.2. The van der Waals surface area contributed by atoms with Gasteiger partial charge < -0.3 is 15.2 Å². The van der Waals surface area contributed by atoms with Crippen molar-refractivity contribution in [2.75, 3.05) is 11.9 Å². The molecule has 6 nitrogen and oxygen atoms in total. The lowest BCUT2D eigenvalue weighted by Gasteiger charge is -2.36. The van der Waals surface area contributed by atoms with E-state index in [1.807, 2.05) is 13.0 Å². The Morgan fingerprint density at radius 1 is 1.35 bits per heavy atom. The van der Waals surface area contributed by atoms with Crippen molar-refractivity contribution in [2.24, 2.45) is 0 Å². The molecule has 2 N–H and O–H groups in total. The molecule has 3 aromatic rings. The molecule has 7 heteroatoms. The number of carbonyl (C=O) groups is 1. The lowest BCUT2D eigenvalue weighted by Crippen LogP contribution is -2.38. The van der Waals surface area contributed by atoms with E-state index in [1.54, 1.807) is 30.3 Å². The minimum absolute atomic E-state index is 0.138. The zero-order valence-electron chi connectivity index (χ0n) is 16.9. The number of fused-ring (bicyclic) bond motifs is 2. The average Bonchev–Trinajstić information content (AvgIpc) is 3.34. The van der Waals surface area contributed by atoms with Crippen molar-refractivity contribution >= 4 is 34.2 Å². The van der Waals surface area contributed by atoms with Crippen molar-refractivity contribution < 1.29 is 14.6 Å². The quantitative estimate of drug-likeness (QED) is 0.583. The highest BCUT2D eigenvalue weighted by molar-refractivity contribution is 6.31. The average molecular weight is 434 g/mol. The van der Waals surface area contributed by atoms with Gasteiger partial charge in [0.2, 0.25) is 0 Å². The molecule has 156 valence electrons. The van der Waals surface area contributed by atoms with Gasteiger partial charge in [0.05, 0.1) is 23.8 Å². The molecule has 1 aromatic heterocycles. The standard InChI is InChI=1S/C24H20ClN3O3/c1-13(27-20-5-3-2-4-16(20)23(29)30)17-6-14(25)7-21-18(17)8-19(22(11-26)28-21)24-9-15(10-24)31-12-24/h2-8,13,15,27H,9-10,12H2,1H3,(H,29,30). The molecular formula is C24H20ClN3O3. The van der Waals surface area contributed by atoms with E-state index in [4.69, 9.17) is 16.3 Å². The summed E-state index contributed by atoms with van der Waals surface area (Å²) in [5.41, 5.74) is 3.48. The molecule has 1 aliphatic carbocycles. The first-order valence-corrected chi connectivity index (χ1v) is 10.5. The van der Waals surface area contributed by atoms with Crippen LogP contribution in [0.5, 0.6) is 0 Å². The number of aromatic nitrogens is 1. The van der Waals surface area contributed by atoms with E-state index >= 15 is 0 Å². The number of hydrogen-bond acceptors (Lipinski definition) is 5. The summed E-state index contributed by atoms with van der Waals surface area (Å²) in [5.74, 6) is -0.992. The lowest BCUT2D eigenvalue weighted by atomic mass is 9.65. The Kier molecular flexibility index (Phi) is 4.62. The van der Waals surface area contributed by atoms with Crippen LogP contribution in [0.25, 0.3) is 10.9 Å². The zero-order valence-corrected chi connectivity index (χ0v) is 17.6. The molecule has 0 radical (unpaired) electrons. The van der Waals surface area contributed by atoms with Gasteiger partial charge in [-0.05, 0) is 61.2 Å². The molecule has 2 aromatic carbocycles. The van der Waals surface area contributed by atoms with Crippen molar-refractivity contribution in [1.29, 1.82) is 5.26 Å². The Balaban J connectivity index is 1.62. The van der Waals surface area contributed by atoms with Gasteiger partial charge in [0.1, 0.15) is 11.8 Å². The second kappa shape index (κ2) is 7.23. The van der Waals surface area contributed by atoms with Gasteiger partial charge in [0.15, 0.2) is 0 Å². The van der Waals surface area contributed by atoms with Crippen molar-refractivity contribution in [1.82, 2.24) is 4.98 Å². The molecular weight excluding hydrogens is 414 g/mol. The molecule has 2 bridgehead atoms. The summed E-state index contributed by atoms with van der Waals surface area (Å²) in [6.07, 6.45) is 2.11.